The van der Waals surface area contributed by atoms with E-state index in [0.29, 0.717) is 5.56 Å². The molecule has 0 aliphatic heterocycles. The summed E-state index contributed by atoms with van der Waals surface area (Å²) in [4.78, 5) is 22.7. The molecule has 1 aromatic carbocycles. The van der Waals surface area contributed by atoms with Crippen LogP contribution in [0.4, 0.5) is 0 Å². The summed E-state index contributed by atoms with van der Waals surface area (Å²) in [7, 11) is 0. The lowest BCUT2D eigenvalue weighted by molar-refractivity contribution is -0.144. The average Bonchev–Trinajstić information content (AvgIpc) is 3.00. The third kappa shape index (κ3) is 3.77. The maximum absolute atomic E-state index is 11.9. The lowest BCUT2D eigenvalue weighted by Crippen LogP contribution is -2.23. The van der Waals surface area contributed by atoms with Gasteiger partial charge in [0.25, 0.3) is 0 Å². The van der Waals surface area contributed by atoms with Crippen molar-refractivity contribution < 1.29 is 24.2 Å². The number of aliphatic carboxylic acids is 1. The normalized spacial score (nSPS) is 11.8. The van der Waals surface area contributed by atoms with Gasteiger partial charge in [0.05, 0.1) is 16.7 Å². The number of rotatable bonds is 6. The number of carboxylic acid groups (broad SMARTS) is 1. The Morgan fingerprint density at radius 1 is 1.29 bits per heavy atom. The zero-order valence-electron chi connectivity index (χ0n) is 12.7. The van der Waals surface area contributed by atoms with E-state index in [9.17, 15) is 9.59 Å². The van der Waals surface area contributed by atoms with Crippen LogP contribution in [0.15, 0.2) is 12.1 Å². The Bertz CT molecular complexity index is 755. The minimum Gasteiger partial charge on any atom is -0.479 e. The molecule has 0 amide bonds. The minimum atomic E-state index is -1.16. The van der Waals surface area contributed by atoms with E-state index >= 15 is 0 Å². The lowest BCUT2D eigenvalue weighted by atomic mass is 10.1. The van der Waals surface area contributed by atoms with Gasteiger partial charge >= 0.3 is 11.9 Å². The Hall–Kier alpha value is -2.32. The van der Waals surface area contributed by atoms with Gasteiger partial charge in [0.1, 0.15) is 5.69 Å². The van der Waals surface area contributed by atoms with Crippen molar-refractivity contribution >= 4 is 35.1 Å². The highest BCUT2D eigenvalue weighted by Gasteiger charge is 2.22. The van der Waals surface area contributed by atoms with Gasteiger partial charge in [-0.15, -0.1) is 5.10 Å². The SMILES string of the molecule is CCOC(=O)c1n[nH]nc1-c1cc(Cl)c(OC(C)C(=O)O)c(Cl)c1. The summed E-state index contributed by atoms with van der Waals surface area (Å²) >= 11 is 12.2. The van der Waals surface area contributed by atoms with E-state index in [-0.39, 0.29) is 33.8 Å². The molecule has 2 rings (SSSR count). The van der Waals surface area contributed by atoms with Crippen LogP contribution >= 0.6 is 23.2 Å². The highest BCUT2D eigenvalue weighted by molar-refractivity contribution is 6.37. The van der Waals surface area contributed by atoms with E-state index in [1.807, 2.05) is 0 Å². The zero-order chi connectivity index (χ0) is 17.9. The third-order valence-corrected chi connectivity index (χ3v) is 3.49. The number of aromatic amines is 1. The number of ether oxygens (including phenoxy) is 2. The Kier molecular flexibility index (Phi) is 5.63. The van der Waals surface area contributed by atoms with Gasteiger partial charge < -0.3 is 14.6 Å². The number of hydrogen-bond donors (Lipinski definition) is 2. The molecule has 8 nitrogen and oxygen atoms in total. The molecule has 2 N–H and O–H groups in total. The summed E-state index contributed by atoms with van der Waals surface area (Å²) < 4.78 is 10.1. The van der Waals surface area contributed by atoms with Gasteiger partial charge in [-0.1, -0.05) is 23.2 Å². The molecule has 1 aromatic heterocycles. The number of H-pyrrole nitrogens is 1. The monoisotopic (exact) mass is 373 g/mol. The summed E-state index contributed by atoms with van der Waals surface area (Å²) in [5.41, 5.74) is 0.587. The number of carboxylic acids is 1. The average molecular weight is 374 g/mol. The third-order valence-electron chi connectivity index (χ3n) is 2.93. The zero-order valence-corrected chi connectivity index (χ0v) is 14.2. The lowest BCUT2D eigenvalue weighted by Gasteiger charge is -2.14. The van der Waals surface area contributed by atoms with E-state index in [4.69, 9.17) is 37.8 Å². The fourth-order valence-corrected chi connectivity index (χ4v) is 2.39. The first kappa shape index (κ1) is 18.0. The smallest absolute Gasteiger partial charge is 0.361 e. The Morgan fingerprint density at radius 3 is 2.46 bits per heavy atom. The largest absolute Gasteiger partial charge is 0.479 e. The topological polar surface area (TPSA) is 114 Å². The molecule has 0 saturated heterocycles. The number of halogens is 2. The van der Waals surface area contributed by atoms with Crippen LogP contribution in [0, 0.1) is 0 Å². The Balaban J connectivity index is 2.40. The number of hydrogen-bond acceptors (Lipinski definition) is 6. The van der Waals surface area contributed by atoms with Gasteiger partial charge in [-0.3, -0.25) is 0 Å². The summed E-state index contributed by atoms with van der Waals surface area (Å²) in [5.74, 6) is -1.78. The minimum absolute atomic E-state index is 0.0171. The predicted molar refractivity (Wildman–Crippen MR) is 85.5 cm³/mol. The van der Waals surface area contributed by atoms with Gasteiger partial charge in [0.15, 0.2) is 17.5 Å². The number of benzene rings is 1. The van der Waals surface area contributed by atoms with Crippen LogP contribution in [-0.4, -0.2) is 45.2 Å². The number of nitrogens with zero attached hydrogens (tertiary/aromatic N) is 2. The molecule has 0 fully saturated rings. The Labute approximate surface area is 146 Å². The first-order valence-electron chi connectivity index (χ1n) is 6.81. The Morgan fingerprint density at radius 2 is 1.92 bits per heavy atom. The van der Waals surface area contributed by atoms with Gasteiger partial charge in [0, 0.05) is 5.56 Å². The maximum atomic E-state index is 11.9. The highest BCUT2D eigenvalue weighted by atomic mass is 35.5. The summed E-state index contributed by atoms with van der Waals surface area (Å²) in [6.07, 6.45) is -1.13. The molecule has 1 unspecified atom stereocenters. The van der Waals surface area contributed by atoms with Crippen LogP contribution in [0.25, 0.3) is 11.3 Å². The number of carbonyl (C=O) groups is 2. The van der Waals surface area contributed by atoms with Crippen molar-refractivity contribution in [3.8, 4) is 17.0 Å². The van der Waals surface area contributed by atoms with E-state index < -0.39 is 18.0 Å². The molecular formula is C14H13Cl2N3O5. The molecule has 0 bridgehead atoms. The number of nitrogens with one attached hydrogen (secondary N) is 1. The van der Waals surface area contributed by atoms with Crippen molar-refractivity contribution in [2.75, 3.05) is 6.61 Å². The molecule has 0 aliphatic rings. The summed E-state index contributed by atoms with van der Waals surface area (Å²) in [6.45, 7) is 3.20. The molecule has 2 aromatic rings. The van der Waals surface area contributed by atoms with Crippen molar-refractivity contribution in [1.82, 2.24) is 15.4 Å². The van der Waals surface area contributed by atoms with Crippen molar-refractivity contribution in [2.24, 2.45) is 0 Å². The summed E-state index contributed by atoms with van der Waals surface area (Å²) in [5, 5.41) is 19.0. The molecule has 10 heteroatoms. The van der Waals surface area contributed by atoms with Crippen molar-refractivity contribution in [1.29, 1.82) is 0 Å². The van der Waals surface area contributed by atoms with Crippen molar-refractivity contribution in [2.45, 2.75) is 20.0 Å². The molecule has 0 radical (unpaired) electrons. The second-order valence-corrected chi connectivity index (χ2v) is 5.42. The molecule has 1 atom stereocenters. The highest BCUT2D eigenvalue weighted by Crippen LogP contribution is 2.38. The van der Waals surface area contributed by atoms with Crippen LogP contribution in [0.3, 0.4) is 0 Å². The molecule has 128 valence electrons. The second-order valence-electron chi connectivity index (χ2n) is 4.61. The van der Waals surface area contributed by atoms with E-state index in [1.54, 1.807) is 6.92 Å². The van der Waals surface area contributed by atoms with Gasteiger partial charge in [0.2, 0.25) is 0 Å². The van der Waals surface area contributed by atoms with Crippen LogP contribution < -0.4 is 4.74 Å². The first-order chi connectivity index (χ1) is 11.3. The molecule has 0 aliphatic carbocycles. The molecule has 0 saturated carbocycles. The molecular weight excluding hydrogens is 361 g/mol. The predicted octanol–water partition coefficient (Wildman–Crippen LogP) is 2.81. The van der Waals surface area contributed by atoms with Gasteiger partial charge in [-0.2, -0.15) is 10.3 Å². The second kappa shape index (κ2) is 7.50. The summed E-state index contributed by atoms with van der Waals surface area (Å²) in [6, 6.07) is 2.88. The van der Waals surface area contributed by atoms with Gasteiger partial charge in [-0.25, -0.2) is 9.59 Å². The number of aromatic nitrogens is 3. The standard InChI is InChI=1S/C14H13Cl2N3O5/c1-3-23-14(22)11-10(17-19-18-11)7-4-8(15)12(9(16)5-7)24-6(2)13(20)21/h4-6H,3H2,1-2H3,(H,20,21)(H,17,18,19). The van der Waals surface area contributed by atoms with Crippen molar-refractivity contribution in [3.05, 3.63) is 27.9 Å². The van der Waals surface area contributed by atoms with Gasteiger partial charge in [-0.05, 0) is 26.0 Å². The molecule has 0 spiro atoms. The van der Waals surface area contributed by atoms with Crippen LogP contribution in [0.5, 0.6) is 5.75 Å². The van der Waals surface area contributed by atoms with Crippen LogP contribution in [0.1, 0.15) is 24.3 Å². The number of esters is 1. The van der Waals surface area contributed by atoms with E-state index in [2.05, 4.69) is 15.4 Å². The number of carbonyl (C=O) groups excluding carboxylic acids is 1. The molecule has 24 heavy (non-hydrogen) atoms. The molecule has 1 heterocycles. The van der Waals surface area contributed by atoms with E-state index in [0.717, 1.165) is 0 Å². The fourth-order valence-electron chi connectivity index (χ4n) is 1.81. The van der Waals surface area contributed by atoms with Crippen LogP contribution in [0.2, 0.25) is 10.0 Å². The van der Waals surface area contributed by atoms with Crippen LogP contribution in [-0.2, 0) is 9.53 Å². The maximum Gasteiger partial charge on any atom is 0.361 e. The fraction of sp³-hybridized carbons (Fsp3) is 0.286. The first-order valence-corrected chi connectivity index (χ1v) is 7.57. The van der Waals surface area contributed by atoms with Crippen molar-refractivity contribution in [3.63, 3.8) is 0 Å². The quantitative estimate of drug-likeness (QED) is 0.747. The van der Waals surface area contributed by atoms with E-state index in [1.165, 1.54) is 19.1 Å².